The highest BCUT2D eigenvalue weighted by atomic mass is 16.3. The van der Waals surface area contributed by atoms with E-state index >= 15 is 0 Å². The molecular weight excluding hydrogens is 144 g/mol. The first-order valence-corrected chi connectivity index (χ1v) is 3.31. The van der Waals surface area contributed by atoms with Crippen molar-refractivity contribution in [2.75, 3.05) is 0 Å². The van der Waals surface area contributed by atoms with Crippen LogP contribution in [0.2, 0.25) is 0 Å². The van der Waals surface area contributed by atoms with Gasteiger partial charge in [0, 0.05) is 6.92 Å². The van der Waals surface area contributed by atoms with Gasteiger partial charge in [0.15, 0.2) is 0 Å². The average Bonchev–Trinajstić information content (AvgIpc) is 2.39. The molecule has 1 rings (SSSR count). The van der Waals surface area contributed by atoms with Crippen LogP contribution >= 0.6 is 0 Å². The first-order valence-electron chi connectivity index (χ1n) is 3.31. The van der Waals surface area contributed by atoms with Gasteiger partial charge in [-0.15, -0.1) is 0 Å². The number of furan rings is 1. The molecule has 0 aliphatic carbocycles. The van der Waals surface area contributed by atoms with Crippen molar-refractivity contribution in [2.45, 2.75) is 13.5 Å². The van der Waals surface area contributed by atoms with E-state index in [1.54, 1.807) is 12.3 Å². The van der Waals surface area contributed by atoms with Crippen molar-refractivity contribution < 1.29 is 9.21 Å². The van der Waals surface area contributed by atoms with Crippen LogP contribution in [0.5, 0.6) is 0 Å². The molecule has 0 spiro atoms. The fourth-order valence-corrected chi connectivity index (χ4v) is 0.669. The number of hydrazine groups is 1. The predicted molar refractivity (Wildman–Crippen MR) is 39.4 cm³/mol. The maximum atomic E-state index is 10.4. The fraction of sp³-hybridized carbons (Fsp3) is 0.286. The zero-order chi connectivity index (χ0) is 8.10. The third-order valence-electron chi connectivity index (χ3n) is 1.11. The van der Waals surface area contributed by atoms with E-state index in [1.165, 1.54) is 6.92 Å². The number of nitrogens with one attached hydrogen (secondary N) is 2. The molecule has 0 fully saturated rings. The Morgan fingerprint density at radius 1 is 1.73 bits per heavy atom. The maximum Gasteiger partial charge on any atom is 0.230 e. The van der Waals surface area contributed by atoms with E-state index in [0.717, 1.165) is 5.76 Å². The number of hydrogen-bond donors (Lipinski definition) is 2. The summed E-state index contributed by atoms with van der Waals surface area (Å²) >= 11 is 0. The Labute approximate surface area is 64.6 Å². The van der Waals surface area contributed by atoms with Crippen molar-refractivity contribution in [2.24, 2.45) is 0 Å². The van der Waals surface area contributed by atoms with Gasteiger partial charge in [0.1, 0.15) is 5.76 Å². The van der Waals surface area contributed by atoms with Crippen LogP contribution in [-0.2, 0) is 11.3 Å². The molecule has 0 aromatic carbocycles. The Kier molecular flexibility index (Phi) is 2.68. The molecule has 11 heavy (non-hydrogen) atoms. The number of hydrogen-bond acceptors (Lipinski definition) is 3. The van der Waals surface area contributed by atoms with E-state index in [1.807, 2.05) is 6.07 Å². The van der Waals surface area contributed by atoms with Crippen LogP contribution in [0.3, 0.4) is 0 Å². The lowest BCUT2D eigenvalue weighted by Crippen LogP contribution is -2.34. The van der Waals surface area contributed by atoms with Gasteiger partial charge in [0.25, 0.3) is 0 Å². The summed E-state index contributed by atoms with van der Waals surface area (Å²) < 4.78 is 5.00. The lowest BCUT2D eigenvalue weighted by atomic mass is 10.5. The standard InChI is InChI=1S/C7H10N2O2/c1-6(10)9-8-5-7-3-2-4-11-7/h2-4,8H,5H2,1H3,(H,9,10). The Bertz CT molecular complexity index is 218. The molecule has 1 heterocycles. The highest BCUT2D eigenvalue weighted by Gasteiger charge is 1.93. The van der Waals surface area contributed by atoms with Gasteiger partial charge in [0.2, 0.25) is 5.91 Å². The smallest absolute Gasteiger partial charge is 0.230 e. The summed E-state index contributed by atoms with van der Waals surface area (Å²) in [6.45, 7) is 1.95. The highest BCUT2D eigenvalue weighted by Crippen LogP contribution is 1.97. The van der Waals surface area contributed by atoms with Gasteiger partial charge >= 0.3 is 0 Å². The van der Waals surface area contributed by atoms with Crippen LogP contribution in [0.25, 0.3) is 0 Å². The number of amides is 1. The molecule has 1 amide bonds. The van der Waals surface area contributed by atoms with Crippen LogP contribution in [0.4, 0.5) is 0 Å². The van der Waals surface area contributed by atoms with E-state index in [9.17, 15) is 4.79 Å². The van der Waals surface area contributed by atoms with Crippen molar-refractivity contribution >= 4 is 5.91 Å². The molecular formula is C7H10N2O2. The molecule has 0 atom stereocenters. The first-order chi connectivity index (χ1) is 5.29. The highest BCUT2D eigenvalue weighted by molar-refractivity contribution is 5.72. The largest absolute Gasteiger partial charge is 0.468 e. The molecule has 1 aromatic heterocycles. The van der Waals surface area contributed by atoms with Crippen LogP contribution in [0.1, 0.15) is 12.7 Å². The summed E-state index contributed by atoms with van der Waals surface area (Å²) in [5.74, 6) is 0.676. The molecule has 60 valence electrons. The van der Waals surface area contributed by atoms with Gasteiger partial charge in [-0.1, -0.05) is 0 Å². The van der Waals surface area contributed by atoms with Crippen molar-refractivity contribution in [3.63, 3.8) is 0 Å². The fourth-order valence-electron chi connectivity index (χ4n) is 0.669. The molecule has 4 heteroatoms. The van der Waals surface area contributed by atoms with Crippen molar-refractivity contribution in [1.82, 2.24) is 10.9 Å². The lowest BCUT2D eigenvalue weighted by molar-refractivity contribution is -0.120. The molecule has 0 aliphatic rings. The van der Waals surface area contributed by atoms with E-state index in [4.69, 9.17) is 4.42 Å². The number of carbonyl (C=O) groups is 1. The van der Waals surface area contributed by atoms with E-state index in [2.05, 4.69) is 10.9 Å². The van der Waals surface area contributed by atoms with Crippen LogP contribution in [-0.4, -0.2) is 5.91 Å². The van der Waals surface area contributed by atoms with Gasteiger partial charge in [-0.2, -0.15) is 0 Å². The van der Waals surface area contributed by atoms with Gasteiger partial charge < -0.3 is 4.42 Å². The van der Waals surface area contributed by atoms with Crippen molar-refractivity contribution in [3.05, 3.63) is 24.2 Å². The van der Waals surface area contributed by atoms with Crippen LogP contribution in [0.15, 0.2) is 22.8 Å². The van der Waals surface area contributed by atoms with Gasteiger partial charge in [-0.3, -0.25) is 10.2 Å². The van der Waals surface area contributed by atoms with E-state index < -0.39 is 0 Å². The maximum absolute atomic E-state index is 10.4. The van der Waals surface area contributed by atoms with Gasteiger partial charge in [-0.25, -0.2) is 5.43 Å². The molecule has 4 nitrogen and oxygen atoms in total. The minimum atomic E-state index is -0.114. The SMILES string of the molecule is CC(=O)NNCc1ccco1. The Morgan fingerprint density at radius 2 is 2.55 bits per heavy atom. The van der Waals surface area contributed by atoms with Crippen molar-refractivity contribution in [1.29, 1.82) is 0 Å². The summed E-state index contributed by atoms with van der Waals surface area (Å²) in [7, 11) is 0. The molecule has 2 N–H and O–H groups in total. The quantitative estimate of drug-likeness (QED) is 0.620. The summed E-state index contributed by atoms with van der Waals surface area (Å²) in [6.07, 6.45) is 1.59. The zero-order valence-electron chi connectivity index (χ0n) is 6.26. The molecule has 0 saturated heterocycles. The second kappa shape index (κ2) is 3.78. The molecule has 1 aromatic rings. The molecule has 0 aliphatic heterocycles. The second-order valence-electron chi connectivity index (χ2n) is 2.11. The van der Waals surface area contributed by atoms with Crippen LogP contribution in [0, 0.1) is 0 Å². The summed E-state index contributed by atoms with van der Waals surface area (Å²) in [5.41, 5.74) is 5.13. The molecule has 0 bridgehead atoms. The van der Waals surface area contributed by atoms with Crippen LogP contribution < -0.4 is 10.9 Å². The Balaban J connectivity index is 2.19. The van der Waals surface area contributed by atoms with E-state index in [-0.39, 0.29) is 5.91 Å². The van der Waals surface area contributed by atoms with Gasteiger partial charge in [-0.05, 0) is 12.1 Å². The third kappa shape index (κ3) is 2.86. The predicted octanol–water partition coefficient (Wildman–Crippen LogP) is 0.420. The summed E-state index contributed by atoms with van der Waals surface area (Å²) in [4.78, 5) is 10.4. The average molecular weight is 154 g/mol. The second-order valence-corrected chi connectivity index (χ2v) is 2.11. The Morgan fingerprint density at radius 3 is 3.09 bits per heavy atom. The third-order valence-corrected chi connectivity index (χ3v) is 1.11. The monoisotopic (exact) mass is 154 g/mol. The number of rotatable bonds is 3. The topological polar surface area (TPSA) is 54.3 Å². The minimum absolute atomic E-state index is 0.114. The molecule has 0 unspecified atom stereocenters. The van der Waals surface area contributed by atoms with Crippen molar-refractivity contribution in [3.8, 4) is 0 Å². The molecule has 0 saturated carbocycles. The minimum Gasteiger partial charge on any atom is -0.468 e. The lowest BCUT2D eigenvalue weighted by Gasteiger charge is -2.00. The van der Waals surface area contributed by atoms with E-state index in [0.29, 0.717) is 6.54 Å². The molecule has 0 radical (unpaired) electrons. The summed E-state index contributed by atoms with van der Waals surface area (Å²) in [6, 6.07) is 3.62. The zero-order valence-corrected chi connectivity index (χ0v) is 6.26. The Hall–Kier alpha value is -1.29. The first kappa shape index (κ1) is 7.81. The summed E-state index contributed by atoms with van der Waals surface area (Å²) in [5, 5.41) is 0. The normalized spacial score (nSPS) is 9.55. The van der Waals surface area contributed by atoms with Gasteiger partial charge in [0.05, 0.1) is 12.8 Å². The number of carbonyl (C=O) groups excluding carboxylic acids is 1.